The summed E-state index contributed by atoms with van der Waals surface area (Å²) in [6, 6.07) is 7.58. The van der Waals surface area contributed by atoms with Gasteiger partial charge in [-0.1, -0.05) is 13.8 Å². The molecule has 0 saturated heterocycles. The SMILES string of the molecule is CC(C)(CC#N)c1c(C(CCCF)CCC(=O)O)c2nc3[nH]ncc3cc2n1-c1ccc(F)c(F)c1. The maximum absolute atomic E-state index is 14.4. The molecule has 10 heteroatoms. The monoisotopic (exact) mass is 497 g/mol. The zero-order valence-electron chi connectivity index (χ0n) is 20.0. The number of alkyl halides is 1. The lowest BCUT2D eigenvalue weighted by Crippen LogP contribution is -2.24. The van der Waals surface area contributed by atoms with Crippen LogP contribution in [0, 0.1) is 23.0 Å². The van der Waals surface area contributed by atoms with E-state index in [9.17, 15) is 28.3 Å². The van der Waals surface area contributed by atoms with E-state index in [1.807, 2.05) is 19.9 Å². The number of fused-ring (bicyclic) bond motifs is 2. The normalized spacial score (nSPS) is 12.8. The zero-order chi connectivity index (χ0) is 26.0. The molecule has 36 heavy (non-hydrogen) atoms. The Bertz CT molecular complexity index is 1470. The van der Waals surface area contributed by atoms with Gasteiger partial charge in [-0.3, -0.25) is 14.3 Å². The number of nitriles is 1. The minimum absolute atomic E-state index is 0.0915. The Hall–Kier alpha value is -3.87. The fourth-order valence-electron chi connectivity index (χ4n) is 4.87. The fourth-order valence-corrected chi connectivity index (χ4v) is 4.87. The summed E-state index contributed by atoms with van der Waals surface area (Å²) in [4.78, 5) is 16.2. The highest BCUT2D eigenvalue weighted by Gasteiger charge is 2.35. The van der Waals surface area contributed by atoms with E-state index in [2.05, 4.69) is 16.3 Å². The van der Waals surface area contributed by atoms with Gasteiger partial charge in [0.1, 0.15) is 0 Å². The van der Waals surface area contributed by atoms with Crippen LogP contribution >= 0.6 is 0 Å². The molecule has 1 aromatic carbocycles. The van der Waals surface area contributed by atoms with Gasteiger partial charge in [0.05, 0.1) is 30.0 Å². The lowest BCUT2D eigenvalue weighted by molar-refractivity contribution is -0.137. The molecule has 0 spiro atoms. The number of aliphatic carboxylic acids is 1. The first-order chi connectivity index (χ1) is 17.2. The van der Waals surface area contributed by atoms with Gasteiger partial charge in [-0.05, 0) is 43.4 Å². The van der Waals surface area contributed by atoms with Gasteiger partial charge in [0, 0.05) is 46.7 Å². The first-order valence-corrected chi connectivity index (χ1v) is 11.7. The van der Waals surface area contributed by atoms with Gasteiger partial charge in [-0.15, -0.1) is 0 Å². The molecule has 0 radical (unpaired) electrons. The van der Waals surface area contributed by atoms with Gasteiger partial charge < -0.3 is 9.67 Å². The molecule has 4 aromatic rings. The molecule has 1 atom stereocenters. The van der Waals surface area contributed by atoms with Crippen molar-refractivity contribution >= 4 is 28.0 Å². The molecule has 7 nitrogen and oxygen atoms in total. The Morgan fingerprint density at radius 1 is 1.25 bits per heavy atom. The number of halogens is 3. The van der Waals surface area contributed by atoms with Gasteiger partial charge in [-0.2, -0.15) is 10.4 Å². The Morgan fingerprint density at radius 2 is 2.03 bits per heavy atom. The quantitative estimate of drug-likeness (QED) is 0.277. The van der Waals surface area contributed by atoms with Crippen LogP contribution in [0.25, 0.3) is 27.8 Å². The molecule has 188 valence electrons. The predicted molar refractivity (Wildman–Crippen MR) is 129 cm³/mol. The highest BCUT2D eigenvalue weighted by Crippen LogP contribution is 2.44. The number of carbonyl (C=O) groups is 1. The third kappa shape index (κ3) is 4.65. The molecule has 0 amide bonds. The maximum atomic E-state index is 14.4. The third-order valence-corrected chi connectivity index (χ3v) is 6.51. The average Bonchev–Trinajstić information content (AvgIpc) is 3.41. The molecule has 1 unspecified atom stereocenters. The second kappa shape index (κ2) is 10.0. The smallest absolute Gasteiger partial charge is 0.303 e. The van der Waals surface area contributed by atoms with E-state index in [0.29, 0.717) is 45.4 Å². The van der Waals surface area contributed by atoms with E-state index in [4.69, 9.17) is 4.98 Å². The van der Waals surface area contributed by atoms with E-state index in [0.717, 1.165) is 12.1 Å². The molecule has 0 aliphatic heterocycles. The number of carboxylic acids is 1. The average molecular weight is 498 g/mol. The summed E-state index contributed by atoms with van der Waals surface area (Å²) in [5.41, 5.74) is 2.45. The number of benzene rings is 1. The molecule has 0 aliphatic rings. The minimum Gasteiger partial charge on any atom is -0.481 e. The van der Waals surface area contributed by atoms with Crippen LogP contribution in [0.15, 0.2) is 30.5 Å². The zero-order valence-corrected chi connectivity index (χ0v) is 20.0. The number of nitrogens with one attached hydrogen (secondary N) is 1. The lowest BCUT2D eigenvalue weighted by atomic mass is 9.78. The Labute approximate surface area is 205 Å². The number of hydrogen-bond donors (Lipinski definition) is 2. The van der Waals surface area contributed by atoms with Crippen LogP contribution in [0.1, 0.15) is 63.1 Å². The van der Waals surface area contributed by atoms with Crippen molar-refractivity contribution < 1.29 is 23.1 Å². The van der Waals surface area contributed by atoms with Crippen molar-refractivity contribution in [3.8, 4) is 11.8 Å². The lowest BCUT2D eigenvalue weighted by Gasteiger charge is -2.29. The largest absolute Gasteiger partial charge is 0.481 e. The summed E-state index contributed by atoms with van der Waals surface area (Å²) < 4.78 is 43.3. The number of carboxylic acid groups (broad SMARTS) is 1. The van der Waals surface area contributed by atoms with Gasteiger partial charge in [0.2, 0.25) is 0 Å². The van der Waals surface area contributed by atoms with Crippen molar-refractivity contribution in [3.05, 3.63) is 53.4 Å². The third-order valence-electron chi connectivity index (χ3n) is 6.51. The summed E-state index contributed by atoms with van der Waals surface area (Å²) in [7, 11) is 0. The highest BCUT2D eigenvalue weighted by atomic mass is 19.2. The van der Waals surface area contributed by atoms with E-state index in [-0.39, 0.29) is 25.7 Å². The highest BCUT2D eigenvalue weighted by molar-refractivity contribution is 5.94. The van der Waals surface area contributed by atoms with Gasteiger partial charge >= 0.3 is 5.97 Å². The number of pyridine rings is 1. The van der Waals surface area contributed by atoms with E-state index >= 15 is 0 Å². The van der Waals surface area contributed by atoms with E-state index in [1.165, 1.54) is 6.07 Å². The van der Waals surface area contributed by atoms with E-state index in [1.54, 1.807) is 10.8 Å². The topological polar surface area (TPSA) is 108 Å². The second-order valence-electron chi connectivity index (χ2n) is 9.54. The van der Waals surface area contributed by atoms with Crippen molar-refractivity contribution in [1.29, 1.82) is 5.26 Å². The standard InChI is InChI=1S/C26H26F3N5O2/c1-26(2,9-11-30)24-22(15(4-3-10-27)5-8-21(35)36)23-20(12-16-14-31-33-25(16)32-23)34(24)17-6-7-18(28)19(29)13-17/h6-7,12-15H,3-5,8-10H2,1-2H3,(H,35,36)(H,31,32,33). The minimum atomic E-state index is -1.03. The second-order valence-corrected chi connectivity index (χ2v) is 9.54. The van der Waals surface area contributed by atoms with Crippen LogP contribution in [-0.4, -0.2) is 37.5 Å². The van der Waals surface area contributed by atoms with Crippen LogP contribution in [0.3, 0.4) is 0 Å². The number of nitrogens with zero attached hydrogens (tertiary/aromatic N) is 4. The molecule has 0 saturated carbocycles. The Balaban J connectivity index is 2.14. The van der Waals surface area contributed by atoms with E-state index < -0.39 is 35.6 Å². The Kier molecular flexibility index (Phi) is 7.02. The predicted octanol–water partition coefficient (Wildman–Crippen LogP) is 6.07. The molecular formula is C26H26F3N5O2. The summed E-state index contributed by atoms with van der Waals surface area (Å²) in [5, 5.41) is 26.6. The van der Waals surface area contributed by atoms with Crippen LogP contribution in [-0.2, 0) is 10.2 Å². The van der Waals surface area contributed by atoms with Crippen molar-refractivity contribution in [2.75, 3.05) is 6.67 Å². The summed E-state index contributed by atoms with van der Waals surface area (Å²) in [6.45, 7) is 3.16. The molecule has 0 fully saturated rings. The molecule has 4 rings (SSSR count). The number of H-pyrrole nitrogens is 1. The molecule has 0 aliphatic carbocycles. The number of aromatic amines is 1. The summed E-state index contributed by atoms with van der Waals surface area (Å²) >= 11 is 0. The van der Waals surface area contributed by atoms with Crippen LogP contribution in [0.5, 0.6) is 0 Å². The number of aromatic nitrogens is 4. The van der Waals surface area contributed by atoms with Crippen molar-refractivity contribution in [3.63, 3.8) is 0 Å². The van der Waals surface area contributed by atoms with Crippen molar-refractivity contribution in [2.45, 2.75) is 57.3 Å². The number of hydrogen-bond acceptors (Lipinski definition) is 4. The van der Waals surface area contributed by atoms with Crippen LogP contribution < -0.4 is 0 Å². The molecule has 0 bridgehead atoms. The van der Waals surface area contributed by atoms with Crippen LogP contribution in [0.2, 0.25) is 0 Å². The first-order valence-electron chi connectivity index (χ1n) is 11.7. The number of rotatable bonds is 10. The maximum Gasteiger partial charge on any atom is 0.303 e. The summed E-state index contributed by atoms with van der Waals surface area (Å²) in [5.74, 6) is -3.40. The fraction of sp³-hybridized carbons (Fsp3) is 0.385. The van der Waals surface area contributed by atoms with Crippen molar-refractivity contribution in [1.82, 2.24) is 19.7 Å². The van der Waals surface area contributed by atoms with Crippen molar-refractivity contribution in [2.24, 2.45) is 0 Å². The van der Waals surface area contributed by atoms with Gasteiger partial charge in [0.25, 0.3) is 0 Å². The molecule has 3 aromatic heterocycles. The molecule has 3 heterocycles. The first kappa shape index (κ1) is 25.2. The van der Waals surface area contributed by atoms with Gasteiger partial charge in [0.15, 0.2) is 17.3 Å². The summed E-state index contributed by atoms with van der Waals surface area (Å²) in [6.07, 6.45) is 2.35. The Morgan fingerprint density at radius 3 is 2.69 bits per heavy atom. The molecular weight excluding hydrogens is 471 g/mol. The molecule has 2 N–H and O–H groups in total. The van der Waals surface area contributed by atoms with Crippen LogP contribution in [0.4, 0.5) is 13.2 Å². The van der Waals surface area contributed by atoms with Gasteiger partial charge in [-0.25, -0.2) is 13.8 Å².